The Morgan fingerprint density at radius 3 is 2.84 bits per heavy atom. The number of fused-ring (bicyclic) bond motifs is 1. The van der Waals surface area contributed by atoms with Crippen LogP contribution in [0.1, 0.15) is 10.5 Å². The summed E-state index contributed by atoms with van der Waals surface area (Å²) in [4.78, 5) is 20.8. The molecule has 0 aliphatic heterocycles. The maximum atomic E-state index is 12.6. The molecular formula is C16H19N7O2. The van der Waals surface area contributed by atoms with Crippen LogP contribution >= 0.6 is 0 Å². The molecule has 3 rings (SSSR count). The summed E-state index contributed by atoms with van der Waals surface area (Å²) in [5, 5.41) is 13.4. The van der Waals surface area contributed by atoms with Crippen molar-refractivity contribution >= 4 is 28.7 Å². The number of amides is 1. The second kappa shape index (κ2) is 7.58. The summed E-state index contributed by atoms with van der Waals surface area (Å²) in [5.74, 6) is 0.311. The predicted octanol–water partition coefficient (Wildman–Crippen LogP) is 1.48. The highest BCUT2D eigenvalue weighted by Crippen LogP contribution is 2.20. The van der Waals surface area contributed by atoms with E-state index in [9.17, 15) is 4.79 Å². The first-order valence-electron chi connectivity index (χ1n) is 7.73. The van der Waals surface area contributed by atoms with Gasteiger partial charge >= 0.3 is 0 Å². The summed E-state index contributed by atoms with van der Waals surface area (Å²) in [6.07, 6.45) is 4.72. The molecule has 0 fully saturated rings. The van der Waals surface area contributed by atoms with Gasteiger partial charge in [-0.05, 0) is 12.1 Å². The first-order chi connectivity index (χ1) is 12.2. The number of carbonyl (C=O) groups is 1. The number of rotatable bonds is 7. The van der Waals surface area contributed by atoms with Crippen molar-refractivity contribution in [3.05, 3.63) is 42.5 Å². The zero-order chi connectivity index (χ0) is 17.6. The molecule has 0 atom stereocenters. The highest BCUT2D eigenvalue weighted by Gasteiger charge is 2.16. The molecule has 3 N–H and O–H groups in total. The van der Waals surface area contributed by atoms with Gasteiger partial charge in [0.2, 0.25) is 0 Å². The highest BCUT2D eigenvalue weighted by molar-refractivity contribution is 6.03. The lowest BCUT2D eigenvalue weighted by atomic mass is 10.3. The minimum atomic E-state index is -0.303. The number of hydrogen-bond donors (Lipinski definition) is 3. The van der Waals surface area contributed by atoms with E-state index in [2.05, 4.69) is 31.0 Å². The van der Waals surface area contributed by atoms with E-state index in [1.807, 2.05) is 6.07 Å². The van der Waals surface area contributed by atoms with Crippen molar-refractivity contribution in [2.24, 2.45) is 0 Å². The normalized spacial score (nSPS) is 10.6. The van der Waals surface area contributed by atoms with Gasteiger partial charge in [0.1, 0.15) is 5.82 Å². The van der Waals surface area contributed by atoms with E-state index in [-0.39, 0.29) is 5.91 Å². The molecule has 9 heteroatoms. The average Bonchev–Trinajstić information content (AvgIpc) is 3.07. The summed E-state index contributed by atoms with van der Waals surface area (Å²) >= 11 is 0. The molecule has 0 aliphatic rings. The molecular weight excluding hydrogens is 322 g/mol. The largest absolute Gasteiger partial charge is 0.383 e. The third-order valence-corrected chi connectivity index (χ3v) is 3.52. The lowest BCUT2D eigenvalue weighted by Gasteiger charge is -2.10. The van der Waals surface area contributed by atoms with Gasteiger partial charge < -0.3 is 20.7 Å². The van der Waals surface area contributed by atoms with E-state index in [1.165, 1.54) is 10.7 Å². The minimum absolute atomic E-state index is 0.303. The van der Waals surface area contributed by atoms with Crippen molar-refractivity contribution in [3.63, 3.8) is 0 Å². The average molecular weight is 341 g/mol. The van der Waals surface area contributed by atoms with Crippen molar-refractivity contribution < 1.29 is 9.53 Å². The van der Waals surface area contributed by atoms with E-state index >= 15 is 0 Å². The van der Waals surface area contributed by atoms with Crippen LogP contribution in [-0.4, -0.2) is 52.8 Å². The van der Waals surface area contributed by atoms with Crippen LogP contribution in [0, 0.1) is 0 Å². The monoisotopic (exact) mass is 341 g/mol. The Balaban J connectivity index is 1.93. The molecule has 0 radical (unpaired) electrons. The van der Waals surface area contributed by atoms with Crippen molar-refractivity contribution in [2.45, 2.75) is 0 Å². The fourth-order valence-corrected chi connectivity index (χ4v) is 2.29. The van der Waals surface area contributed by atoms with Gasteiger partial charge in [-0.3, -0.25) is 9.78 Å². The topological polar surface area (TPSA) is 105 Å². The Labute approximate surface area is 144 Å². The molecule has 3 aromatic heterocycles. The molecule has 0 aliphatic carbocycles. The number of imidazole rings is 1. The molecule has 0 aromatic carbocycles. The molecule has 3 heterocycles. The lowest BCUT2D eigenvalue weighted by molar-refractivity contribution is 0.102. The number of nitrogens with one attached hydrogen (secondary N) is 3. The number of aromatic nitrogens is 4. The number of carbonyl (C=O) groups excluding carboxylic acids is 1. The summed E-state index contributed by atoms with van der Waals surface area (Å²) < 4.78 is 6.56. The van der Waals surface area contributed by atoms with Gasteiger partial charge in [0, 0.05) is 44.8 Å². The second-order valence-electron chi connectivity index (χ2n) is 5.18. The number of nitrogens with zero attached hydrogens (tertiary/aromatic N) is 4. The molecule has 3 aromatic rings. The van der Waals surface area contributed by atoms with E-state index in [0.717, 1.165) is 5.69 Å². The Kier molecular flexibility index (Phi) is 5.05. The standard InChI is InChI=1S/C16H19N7O2/c1-17-14-9-12(19-7-8-25-2)15-20-10-13(23(15)22-14)16(24)21-11-3-5-18-6-4-11/h3-6,9-10,19H,7-8H2,1-2H3,(H,17,22)(H,18,21,24). The molecule has 0 saturated heterocycles. The molecule has 0 bridgehead atoms. The van der Waals surface area contributed by atoms with Gasteiger partial charge in [-0.1, -0.05) is 0 Å². The number of anilines is 3. The van der Waals surface area contributed by atoms with E-state index in [4.69, 9.17) is 4.74 Å². The van der Waals surface area contributed by atoms with Gasteiger partial charge in [-0.15, -0.1) is 5.10 Å². The molecule has 0 unspecified atom stereocenters. The number of methoxy groups -OCH3 is 1. The SMILES string of the molecule is CNc1cc(NCCOC)c2ncc(C(=O)Nc3ccncc3)n2n1. The quantitative estimate of drug-likeness (QED) is 0.559. The zero-order valence-corrected chi connectivity index (χ0v) is 14.0. The van der Waals surface area contributed by atoms with E-state index in [0.29, 0.717) is 36.0 Å². The van der Waals surface area contributed by atoms with Crippen LogP contribution in [0.5, 0.6) is 0 Å². The summed E-state index contributed by atoms with van der Waals surface area (Å²) in [7, 11) is 3.40. The third kappa shape index (κ3) is 3.66. The Bertz CT molecular complexity index is 864. The van der Waals surface area contributed by atoms with Gasteiger partial charge in [-0.2, -0.15) is 0 Å². The van der Waals surface area contributed by atoms with Crippen LogP contribution in [0.4, 0.5) is 17.2 Å². The third-order valence-electron chi connectivity index (χ3n) is 3.52. The number of pyridine rings is 1. The summed E-state index contributed by atoms with van der Waals surface area (Å²) in [5.41, 5.74) is 2.31. The molecule has 9 nitrogen and oxygen atoms in total. The van der Waals surface area contributed by atoms with Gasteiger partial charge in [0.15, 0.2) is 11.3 Å². The summed E-state index contributed by atoms with van der Waals surface area (Å²) in [6.45, 7) is 1.17. The number of hydrogen-bond acceptors (Lipinski definition) is 7. The smallest absolute Gasteiger partial charge is 0.276 e. The van der Waals surface area contributed by atoms with Crippen LogP contribution in [0.25, 0.3) is 5.65 Å². The number of ether oxygens (including phenoxy) is 1. The van der Waals surface area contributed by atoms with Crippen LogP contribution in [0.3, 0.4) is 0 Å². The van der Waals surface area contributed by atoms with Crippen LogP contribution in [0.2, 0.25) is 0 Å². The molecule has 0 spiro atoms. The second-order valence-corrected chi connectivity index (χ2v) is 5.18. The summed E-state index contributed by atoms with van der Waals surface area (Å²) in [6, 6.07) is 5.26. The van der Waals surface area contributed by atoms with Crippen molar-refractivity contribution in [2.75, 3.05) is 43.3 Å². The van der Waals surface area contributed by atoms with Crippen molar-refractivity contribution in [1.82, 2.24) is 19.6 Å². The Morgan fingerprint density at radius 2 is 2.12 bits per heavy atom. The first kappa shape index (κ1) is 16.7. The van der Waals surface area contributed by atoms with Crippen LogP contribution in [0.15, 0.2) is 36.8 Å². The molecule has 1 amide bonds. The van der Waals surface area contributed by atoms with Crippen LogP contribution in [-0.2, 0) is 4.74 Å². The van der Waals surface area contributed by atoms with Gasteiger partial charge in [0.05, 0.1) is 18.5 Å². The fourth-order valence-electron chi connectivity index (χ4n) is 2.29. The lowest BCUT2D eigenvalue weighted by Crippen LogP contribution is -2.16. The first-order valence-corrected chi connectivity index (χ1v) is 7.73. The van der Waals surface area contributed by atoms with Crippen molar-refractivity contribution in [1.29, 1.82) is 0 Å². The molecule has 130 valence electrons. The zero-order valence-electron chi connectivity index (χ0n) is 14.0. The predicted molar refractivity (Wildman–Crippen MR) is 95.1 cm³/mol. The Hall–Kier alpha value is -3.20. The van der Waals surface area contributed by atoms with E-state index in [1.54, 1.807) is 38.7 Å². The maximum absolute atomic E-state index is 12.6. The minimum Gasteiger partial charge on any atom is -0.383 e. The Morgan fingerprint density at radius 1 is 1.32 bits per heavy atom. The van der Waals surface area contributed by atoms with Crippen molar-refractivity contribution in [3.8, 4) is 0 Å². The maximum Gasteiger partial charge on any atom is 0.276 e. The highest BCUT2D eigenvalue weighted by atomic mass is 16.5. The van der Waals surface area contributed by atoms with Crippen LogP contribution < -0.4 is 16.0 Å². The van der Waals surface area contributed by atoms with Gasteiger partial charge in [-0.25, -0.2) is 9.50 Å². The fraction of sp³-hybridized carbons (Fsp3) is 0.250. The molecule has 0 saturated carbocycles. The van der Waals surface area contributed by atoms with Gasteiger partial charge in [0.25, 0.3) is 5.91 Å². The van der Waals surface area contributed by atoms with E-state index < -0.39 is 0 Å². The molecule has 25 heavy (non-hydrogen) atoms.